The maximum atomic E-state index is 12.4. The SMILES string of the molecule is COC(=O)[C@@H](CCC(=O)OC(C)(C)C)NC(=O)c1cc(Br)cc(Br)c1. The summed E-state index contributed by atoms with van der Waals surface area (Å²) < 4.78 is 11.3. The van der Waals surface area contributed by atoms with Crippen LogP contribution in [0.25, 0.3) is 0 Å². The number of carbonyl (C=O) groups is 3. The molecule has 1 atom stereocenters. The molecule has 0 radical (unpaired) electrons. The maximum Gasteiger partial charge on any atom is 0.328 e. The Kier molecular flexibility index (Phi) is 8.08. The molecule has 0 spiro atoms. The van der Waals surface area contributed by atoms with Crippen molar-refractivity contribution in [3.05, 3.63) is 32.7 Å². The summed E-state index contributed by atoms with van der Waals surface area (Å²) in [5.74, 6) is -1.51. The zero-order valence-corrected chi connectivity index (χ0v) is 17.7. The Morgan fingerprint density at radius 1 is 1.12 bits per heavy atom. The van der Waals surface area contributed by atoms with Crippen molar-refractivity contribution in [3.63, 3.8) is 0 Å². The number of benzene rings is 1. The van der Waals surface area contributed by atoms with Gasteiger partial charge in [-0.1, -0.05) is 31.9 Å². The van der Waals surface area contributed by atoms with Gasteiger partial charge in [0.15, 0.2) is 0 Å². The van der Waals surface area contributed by atoms with Gasteiger partial charge in [-0.15, -0.1) is 0 Å². The number of amides is 1. The molecule has 25 heavy (non-hydrogen) atoms. The van der Waals surface area contributed by atoms with E-state index in [4.69, 9.17) is 9.47 Å². The quantitative estimate of drug-likeness (QED) is 0.631. The first-order valence-electron chi connectivity index (χ1n) is 7.58. The zero-order valence-electron chi connectivity index (χ0n) is 14.5. The monoisotopic (exact) mass is 477 g/mol. The molecule has 1 amide bonds. The van der Waals surface area contributed by atoms with Gasteiger partial charge >= 0.3 is 11.9 Å². The molecule has 1 aromatic rings. The van der Waals surface area contributed by atoms with Crippen LogP contribution in [0.15, 0.2) is 27.1 Å². The predicted octanol–water partition coefficient (Wildman–Crippen LogP) is 3.60. The molecule has 8 heteroatoms. The molecule has 0 heterocycles. The highest BCUT2D eigenvalue weighted by molar-refractivity contribution is 9.11. The smallest absolute Gasteiger partial charge is 0.328 e. The maximum absolute atomic E-state index is 12.4. The van der Waals surface area contributed by atoms with E-state index in [0.29, 0.717) is 5.56 Å². The van der Waals surface area contributed by atoms with E-state index >= 15 is 0 Å². The summed E-state index contributed by atoms with van der Waals surface area (Å²) in [4.78, 5) is 36.1. The lowest BCUT2D eigenvalue weighted by Gasteiger charge is -2.21. The molecule has 0 unspecified atom stereocenters. The number of carbonyl (C=O) groups excluding carboxylic acids is 3. The molecule has 0 saturated carbocycles. The highest BCUT2D eigenvalue weighted by Gasteiger charge is 2.25. The van der Waals surface area contributed by atoms with Crippen LogP contribution in [-0.2, 0) is 19.1 Å². The van der Waals surface area contributed by atoms with Crippen LogP contribution in [0.5, 0.6) is 0 Å². The fraction of sp³-hybridized carbons (Fsp3) is 0.471. The van der Waals surface area contributed by atoms with Crippen molar-refractivity contribution in [2.45, 2.75) is 45.3 Å². The molecule has 138 valence electrons. The number of esters is 2. The Morgan fingerprint density at radius 2 is 1.68 bits per heavy atom. The number of halogens is 2. The lowest BCUT2D eigenvalue weighted by Crippen LogP contribution is -2.42. The van der Waals surface area contributed by atoms with Crippen molar-refractivity contribution < 1.29 is 23.9 Å². The van der Waals surface area contributed by atoms with Crippen molar-refractivity contribution in [2.75, 3.05) is 7.11 Å². The van der Waals surface area contributed by atoms with E-state index in [1.165, 1.54) is 7.11 Å². The molecule has 1 rings (SSSR count). The number of rotatable bonds is 6. The van der Waals surface area contributed by atoms with Crippen LogP contribution in [0.4, 0.5) is 0 Å². The summed E-state index contributed by atoms with van der Waals surface area (Å²) in [5.41, 5.74) is -0.239. The molecule has 0 saturated heterocycles. The number of methoxy groups -OCH3 is 1. The molecule has 0 aliphatic heterocycles. The van der Waals surface area contributed by atoms with E-state index in [2.05, 4.69) is 37.2 Å². The summed E-state index contributed by atoms with van der Waals surface area (Å²) in [6, 6.07) is 4.10. The van der Waals surface area contributed by atoms with Gasteiger partial charge in [0.1, 0.15) is 11.6 Å². The molecule has 0 aliphatic carbocycles. The van der Waals surface area contributed by atoms with Crippen LogP contribution in [0.3, 0.4) is 0 Å². The highest BCUT2D eigenvalue weighted by atomic mass is 79.9. The van der Waals surface area contributed by atoms with Crippen molar-refractivity contribution in [2.24, 2.45) is 0 Å². The van der Waals surface area contributed by atoms with E-state index in [9.17, 15) is 14.4 Å². The molecule has 0 aliphatic rings. The summed E-state index contributed by atoms with van der Waals surface area (Å²) >= 11 is 6.61. The molecule has 6 nitrogen and oxygen atoms in total. The van der Waals surface area contributed by atoms with Gasteiger partial charge in [0, 0.05) is 20.9 Å². The lowest BCUT2D eigenvalue weighted by atomic mass is 10.1. The molecule has 1 N–H and O–H groups in total. The van der Waals surface area contributed by atoms with E-state index in [-0.39, 0.29) is 12.8 Å². The Hall–Kier alpha value is -1.41. The first-order chi connectivity index (χ1) is 11.5. The number of nitrogens with one attached hydrogen (secondary N) is 1. The van der Waals surface area contributed by atoms with Crippen LogP contribution in [0, 0.1) is 0 Å². The van der Waals surface area contributed by atoms with Crippen molar-refractivity contribution in [1.29, 1.82) is 0 Å². The molecular formula is C17H21Br2NO5. The third kappa shape index (κ3) is 8.00. The van der Waals surface area contributed by atoms with Crippen LogP contribution >= 0.6 is 31.9 Å². The van der Waals surface area contributed by atoms with E-state index in [1.807, 2.05) is 0 Å². The largest absolute Gasteiger partial charge is 0.467 e. The Bertz CT molecular complexity index is 635. The minimum atomic E-state index is -0.942. The van der Waals surface area contributed by atoms with Gasteiger partial charge in [0.2, 0.25) is 0 Å². The summed E-state index contributed by atoms with van der Waals surface area (Å²) in [6.07, 6.45) is 0.0714. The third-order valence-corrected chi connectivity index (χ3v) is 3.89. The van der Waals surface area contributed by atoms with Crippen LogP contribution in [-0.4, -0.2) is 36.6 Å². The minimum absolute atomic E-state index is 0.0144. The van der Waals surface area contributed by atoms with Gasteiger partial charge < -0.3 is 14.8 Å². The fourth-order valence-corrected chi connectivity index (χ4v) is 3.27. The molecule has 1 aromatic carbocycles. The average Bonchev–Trinajstić information content (AvgIpc) is 2.47. The zero-order chi connectivity index (χ0) is 19.2. The standard InChI is InChI=1S/C17H21Br2NO5/c1-17(2,3)25-14(21)6-5-13(16(23)24-4)20-15(22)10-7-11(18)9-12(19)8-10/h7-9,13H,5-6H2,1-4H3,(H,20,22)/t13-/m1/s1. The molecule has 0 fully saturated rings. The van der Waals surface area contributed by atoms with Crippen LogP contribution in [0.2, 0.25) is 0 Å². The average molecular weight is 479 g/mol. The van der Waals surface area contributed by atoms with E-state index < -0.39 is 29.5 Å². The lowest BCUT2D eigenvalue weighted by molar-refractivity contribution is -0.155. The van der Waals surface area contributed by atoms with Gasteiger partial charge in [-0.25, -0.2) is 4.79 Å². The topological polar surface area (TPSA) is 81.7 Å². The Balaban J connectivity index is 2.77. The fourth-order valence-electron chi connectivity index (χ4n) is 1.97. The van der Waals surface area contributed by atoms with Crippen LogP contribution in [0.1, 0.15) is 44.0 Å². The van der Waals surface area contributed by atoms with Crippen molar-refractivity contribution in [1.82, 2.24) is 5.32 Å². The third-order valence-electron chi connectivity index (χ3n) is 2.97. The van der Waals surface area contributed by atoms with Crippen molar-refractivity contribution in [3.8, 4) is 0 Å². The van der Waals surface area contributed by atoms with Crippen LogP contribution < -0.4 is 5.32 Å². The molecule has 0 aromatic heterocycles. The number of hydrogen-bond acceptors (Lipinski definition) is 5. The number of ether oxygens (including phenoxy) is 2. The van der Waals surface area contributed by atoms with Gasteiger partial charge in [-0.3, -0.25) is 9.59 Å². The van der Waals surface area contributed by atoms with Gasteiger partial charge in [0.05, 0.1) is 7.11 Å². The van der Waals surface area contributed by atoms with E-state index in [0.717, 1.165) is 8.95 Å². The summed E-state index contributed by atoms with van der Waals surface area (Å²) in [6.45, 7) is 5.28. The van der Waals surface area contributed by atoms with Gasteiger partial charge in [0.25, 0.3) is 5.91 Å². The summed E-state index contributed by atoms with van der Waals surface area (Å²) in [7, 11) is 1.23. The second-order valence-electron chi connectivity index (χ2n) is 6.33. The Labute approximate surface area is 163 Å². The van der Waals surface area contributed by atoms with Crippen molar-refractivity contribution >= 4 is 49.7 Å². The van der Waals surface area contributed by atoms with E-state index in [1.54, 1.807) is 39.0 Å². The second-order valence-corrected chi connectivity index (χ2v) is 8.16. The first-order valence-corrected chi connectivity index (χ1v) is 9.17. The van der Waals surface area contributed by atoms with Gasteiger partial charge in [-0.2, -0.15) is 0 Å². The molecule has 0 bridgehead atoms. The van der Waals surface area contributed by atoms with Gasteiger partial charge in [-0.05, 0) is 45.4 Å². The second kappa shape index (κ2) is 9.33. The minimum Gasteiger partial charge on any atom is -0.467 e. The normalized spacial score (nSPS) is 12.2. The first kappa shape index (κ1) is 21.6. The predicted molar refractivity (Wildman–Crippen MR) is 100 cm³/mol. The molecular weight excluding hydrogens is 458 g/mol. The Morgan fingerprint density at radius 3 is 2.16 bits per heavy atom. The highest BCUT2D eigenvalue weighted by Crippen LogP contribution is 2.20. The number of hydrogen-bond donors (Lipinski definition) is 1. The summed E-state index contributed by atoms with van der Waals surface area (Å²) in [5, 5.41) is 2.59.